The highest BCUT2D eigenvalue weighted by molar-refractivity contribution is 5.86. The highest BCUT2D eigenvalue weighted by Gasteiger charge is 2.54. The van der Waals surface area contributed by atoms with Gasteiger partial charge in [0.25, 0.3) is 0 Å². The maximum absolute atomic E-state index is 12.1. The summed E-state index contributed by atoms with van der Waals surface area (Å²) >= 11 is 0. The molecule has 1 rings (SSSR count). The van der Waals surface area contributed by atoms with E-state index in [2.05, 4.69) is 0 Å². The molecule has 1 atom stereocenters. The second-order valence-electron chi connectivity index (χ2n) is 6.16. The molecule has 0 aromatic carbocycles. The average Bonchev–Trinajstić information content (AvgIpc) is 2.59. The lowest BCUT2D eigenvalue weighted by Crippen LogP contribution is -2.51. The van der Waals surface area contributed by atoms with E-state index in [0.29, 0.717) is 19.6 Å². The summed E-state index contributed by atoms with van der Waals surface area (Å²) < 4.78 is 10.1. The number of methoxy groups -OCH3 is 1. The highest BCUT2D eigenvalue weighted by atomic mass is 16.6. The number of likely N-dealkylation sites (tertiary alicyclic amines) is 1. The summed E-state index contributed by atoms with van der Waals surface area (Å²) in [5.41, 5.74) is -1.05. The summed E-state index contributed by atoms with van der Waals surface area (Å²) in [5, 5.41) is 0. The second kappa shape index (κ2) is 5.80. The van der Waals surface area contributed by atoms with E-state index in [1.807, 2.05) is 20.8 Å². The van der Waals surface area contributed by atoms with Crippen LogP contribution in [-0.2, 0) is 14.3 Å². The summed E-state index contributed by atoms with van der Waals surface area (Å²) in [7, 11) is 1.35. The van der Waals surface area contributed by atoms with Gasteiger partial charge in [0.1, 0.15) is 5.54 Å². The predicted octanol–water partition coefficient (Wildman–Crippen LogP) is 2.59. The van der Waals surface area contributed by atoms with Crippen molar-refractivity contribution in [1.29, 1.82) is 0 Å². The fraction of sp³-hybridized carbons (Fsp3) is 0.857. The van der Waals surface area contributed by atoms with Crippen molar-refractivity contribution in [1.82, 2.24) is 4.90 Å². The first-order chi connectivity index (χ1) is 8.77. The van der Waals surface area contributed by atoms with Crippen molar-refractivity contribution in [3.8, 4) is 0 Å². The number of hydrogen-bond acceptors (Lipinski definition) is 4. The van der Waals surface area contributed by atoms with Crippen LogP contribution in [0.5, 0.6) is 0 Å². The average molecular weight is 271 g/mol. The van der Waals surface area contributed by atoms with Gasteiger partial charge in [-0.05, 0) is 25.2 Å². The summed E-state index contributed by atoms with van der Waals surface area (Å²) in [6.07, 6.45) is 1.95. The molecule has 1 aliphatic rings. The van der Waals surface area contributed by atoms with Gasteiger partial charge in [0.15, 0.2) is 0 Å². The third-order valence-corrected chi connectivity index (χ3v) is 3.57. The molecule has 0 aliphatic carbocycles. The SMILES string of the molecule is CCCCOC(=O)N1CC(C)(C)CC1(C)C(=O)OC. The molecule has 1 heterocycles. The van der Waals surface area contributed by atoms with Crippen LogP contribution in [0.4, 0.5) is 4.79 Å². The van der Waals surface area contributed by atoms with Crippen molar-refractivity contribution in [2.24, 2.45) is 5.41 Å². The Morgan fingerprint density at radius 3 is 2.42 bits per heavy atom. The van der Waals surface area contributed by atoms with Gasteiger partial charge in [-0.3, -0.25) is 4.90 Å². The van der Waals surface area contributed by atoms with Crippen molar-refractivity contribution in [3.05, 3.63) is 0 Å². The van der Waals surface area contributed by atoms with Crippen LogP contribution in [0.25, 0.3) is 0 Å². The topological polar surface area (TPSA) is 55.8 Å². The molecule has 5 nitrogen and oxygen atoms in total. The van der Waals surface area contributed by atoms with Gasteiger partial charge in [-0.25, -0.2) is 9.59 Å². The summed E-state index contributed by atoms with van der Waals surface area (Å²) in [6, 6.07) is 0. The van der Waals surface area contributed by atoms with Gasteiger partial charge in [0.2, 0.25) is 0 Å². The van der Waals surface area contributed by atoms with E-state index in [9.17, 15) is 9.59 Å². The van der Waals surface area contributed by atoms with E-state index >= 15 is 0 Å². The number of carbonyl (C=O) groups is 2. The zero-order valence-electron chi connectivity index (χ0n) is 12.6. The zero-order chi connectivity index (χ0) is 14.7. The van der Waals surface area contributed by atoms with Crippen LogP contribution in [-0.4, -0.2) is 42.8 Å². The lowest BCUT2D eigenvalue weighted by Gasteiger charge is -2.31. The van der Waals surface area contributed by atoms with Crippen molar-refractivity contribution in [2.75, 3.05) is 20.3 Å². The highest BCUT2D eigenvalue weighted by Crippen LogP contribution is 2.42. The normalized spacial score (nSPS) is 25.2. The van der Waals surface area contributed by atoms with Crippen molar-refractivity contribution in [3.63, 3.8) is 0 Å². The van der Waals surface area contributed by atoms with Gasteiger partial charge in [-0.1, -0.05) is 27.2 Å². The minimum atomic E-state index is -0.929. The Bertz CT molecular complexity index is 353. The van der Waals surface area contributed by atoms with Gasteiger partial charge in [0.05, 0.1) is 13.7 Å². The van der Waals surface area contributed by atoms with Crippen molar-refractivity contribution < 1.29 is 19.1 Å². The minimum Gasteiger partial charge on any atom is -0.467 e. The Balaban J connectivity index is 2.83. The van der Waals surface area contributed by atoms with E-state index < -0.39 is 11.6 Å². The molecule has 1 saturated heterocycles. The van der Waals surface area contributed by atoms with E-state index in [4.69, 9.17) is 9.47 Å². The molecule has 0 aromatic rings. The molecule has 0 spiro atoms. The quantitative estimate of drug-likeness (QED) is 0.582. The summed E-state index contributed by atoms with van der Waals surface area (Å²) in [4.78, 5) is 25.6. The van der Waals surface area contributed by atoms with Gasteiger partial charge in [0, 0.05) is 6.54 Å². The Morgan fingerprint density at radius 2 is 1.89 bits per heavy atom. The molecular formula is C14H25NO4. The van der Waals surface area contributed by atoms with E-state index in [1.165, 1.54) is 12.0 Å². The first kappa shape index (κ1) is 15.8. The third-order valence-electron chi connectivity index (χ3n) is 3.57. The van der Waals surface area contributed by atoms with Crippen LogP contribution in [0, 0.1) is 5.41 Å². The summed E-state index contributed by atoms with van der Waals surface area (Å²) in [6.45, 7) is 8.74. The smallest absolute Gasteiger partial charge is 0.410 e. The molecule has 0 aromatic heterocycles. The van der Waals surface area contributed by atoms with Crippen LogP contribution in [0.2, 0.25) is 0 Å². The first-order valence-corrected chi connectivity index (χ1v) is 6.79. The number of ether oxygens (including phenoxy) is 2. The van der Waals surface area contributed by atoms with Crippen molar-refractivity contribution in [2.45, 2.75) is 52.5 Å². The molecule has 1 amide bonds. The maximum atomic E-state index is 12.1. The molecule has 5 heteroatoms. The second-order valence-corrected chi connectivity index (χ2v) is 6.16. The standard InChI is InChI=1S/C14H25NO4/c1-6-7-8-19-12(17)15-10-13(2,3)9-14(15,4)11(16)18-5/h6-10H2,1-5H3. The van der Waals surface area contributed by atoms with Crippen LogP contribution < -0.4 is 0 Å². The number of amides is 1. The Labute approximate surface area is 115 Å². The Morgan fingerprint density at radius 1 is 1.26 bits per heavy atom. The molecular weight excluding hydrogens is 246 g/mol. The first-order valence-electron chi connectivity index (χ1n) is 6.79. The van der Waals surface area contributed by atoms with Gasteiger partial charge in [-0.2, -0.15) is 0 Å². The lowest BCUT2D eigenvalue weighted by molar-refractivity contribution is -0.151. The van der Waals surface area contributed by atoms with Gasteiger partial charge >= 0.3 is 12.1 Å². The molecule has 19 heavy (non-hydrogen) atoms. The van der Waals surface area contributed by atoms with Gasteiger partial charge in [-0.15, -0.1) is 0 Å². The lowest BCUT2D eigenvalue weighted by atomic mass is 9.85. The predicted molar refractivity (Wildman–Crippen MR) is 71.8 cm³/mol. The van der Waals surface area contributed by atoms with Crippen LogP contribution >= 0.6 is 0 Å². The van der Waals surface area contributed by atoms with Crippen LogP contribution in [0.15, 0.2) is 0 Å². The molecule has 1 fully saturated rings. The molecule has 1 unspecified atom stereocenters. The largest absolute Gasteiger partial charge is 0.467 e. The Kier molecular flexibility index (Phi) is 4.82. The third kappa shape index (κ3) is 3.39. The summed E-state index contributed by atoms with van der Waals surface area (Å²) in [5.74, 6) is -0.384. The number of rotatable bonds is 4. The van der Waals surface area contributed by atoms with Crippen molar-refractivity contribution >= 4 is 12.1 Å². The van der Waals surface area contributed by atoms with Gasteiger partial charge < -0.3 is 9.47 Å². The molecule has 0 radical (unpaired) electrons. The number of nitrogens with zero attached hydrogens (tertiary/aromatic N) is 1. The molecule has 0 saturated carbocycles. The molecule has 110 valence electrons. The van der Waals surface area contributed by atoms with E-state index in [1.54, 1.807) is 6.92 Å². The fourth-order valence-corrected chi connectivity index (χ4v) is 2.74. The maximum Gasteiger partial charge on any atom is 0.410 e. The Hall–Kier alpha value is -1.26. The minimum absolute atomic E-state index is 0.118. The molecule has 0 bridgehead atoms. The number of carbonyl (C=O) groups excluding carboxylic acids is 2. The van der Waals surface area contributed by atoms with Crippen LogP contribution in [0.3, 0.4) is 0 Å². The van der Waals surface area contributed by atoms with E-state index in [0.717, 1.165) is 12.8 Å². The number of hydrogen-bond donors (Lipinski definition) is 0. The number of esters is 1. The molecule has 0 N–H and O–H groups in total. The zero-order valence-corrected chi connectivity index (χ0v) is 12.6. The van der Waals surface area contributed by atoms with Crippen LogP contribution in [0.1, 0.15) is 47.0 Å². The molecule has 1 aliphatic heterocycles. The van der Waals surface area contributed by atoms with E-state index in [-0.39, 0.29) is 11.4 Å². The number of unbranched alkanes of at least 4 members (excludes halogenated alkanes) is 1. The fourth-order valence-electron chi connectivity index (χ4n) is 2.74. The monoisotopic (exact) mass is 271 g/mol.